The molecule has 102 valence electrons. The molecule has 0 radical (unpaired) electrons. The summed E-state index contributed by atoms with van der Waals surface area (Å²) >= 11 is 0. The van der Waals surface area contributed by atoms with Gasteiger partial charge < -0.3 is 14.7 Å². The van der Waals surface area contributed by atoms with Gasteiger partial charge in [0.15, 0.2) is 0 Å². The van der Waals surface area contributed by atoms with Crippen LogP contribution in [0.4, 0.5) is 4.39 Å². The molecule has 5 heteroatoms. The van der Waals surface area contributed by atoms with Crippen molar-refractivity contribution in [2.75, 3.05) is 6.61 Å². The van der Waals surface area contributed by atoms with Crippen molar-refractivity contribution in [1.82, 2.24) is 0 Å². The Morgan fingerprint density at radius 1 is 1.20 bits per heavy atom. The minimum absolute atomic E-state index is 0.257. The molecule has 0 amide bonds. The predicted molar refractivity (Wildman–Crippen MR) is 71.0 cm³/mol. The number of halogens is 1. The second-order valence-corrected chi connectivity index (χ2v) is 4.41. The molecule has 1 N–H and O–H groups in total. The van der Waals surface area contributed by atoms with E-state index in [2.05, 4.69) is 5.16 Å². The Morgan fingerprint density at radius 3 is 2.75 bits per heavy atom. The van der Waals surface area contributed by atoms with Crippen molar-refractivity contribution in [3.63, 3.8) is 0 Å². The molecule has 0 aliphatic carbocycles. The van der Waals surface area contributed by atoms with E-state index in [9.17, 15) is 4.39 Å². The Morgan fingerprint density at radius 2 is 2.00 bits per heavy atom. The van der Waals surface area contributed by atoms with Crippen molar-refractivity contribution < 1.29 is 19.1 Å². The second-order valence-electron chi connectivity index (χ2n) is 4.41. The number of nitrogens with zero attached hydrogens (tertiary/aromatic N) is 1. The van der Waals surface area contributed by atoms with Crippen molar-refractivity contribution in [2.24, 2.45) is 5.16 Å². The molecule has 0 atom stereocenters. The van der Waals surface area contributed by atoms with E-state index in [0.29, 0.717) is 23.8 Å². The first kappa shape index (κ1) is 12.5. The van der Waals surface area contributed by atoms with Crippen LogP contribution in [0.5, 0.6) is 11.5 Å². The van der Waals surface area contributed by atoms with Crippen molar-refractivity contribution in [1.29, 1.82) is 0 Å². The van der Waals surface area contributed by atoms with E-state index in [0.717, 1.165) is 11.1 Å². The van der Waals surface area contributed by atoms with Crippen LogP contribution in [-0.4, -0.2) is 17.5 Å². The fourth-order valence-electron chi connectivity index (χ4n) is 2.00. The van der Waals surface area contributed by atoms with E-state index in [4.69, 9.17) is 14.7 Å². The highest BCUT2D eigenvalue weighted by atomic mass is 19.1. The Bertz CT molecular complexity index is 653. The van der Waals surface area contributed by atoms with Crippen LogP contribution in [0.1, 0.15) is 11.1 Å². The summed E-state index contributed by atoms with van der Waals surface area (Å²) < 4.78 is 23.8. The highest BCUT2D eigenvalue weighted by Gasteiger charge is 2.20. The molecule has 2 aromatic rings. The lowest BCUT2D eigenvalue weighted by Gasteiger charge is -2.07. The molecule has 1 aliphatic rings. The van der Waals surface area contributed by atoms with Gasteiger partial charge >= 0.3 is 0 Å². The summed E-state index contributed by atoms with van der Waals surface area (Å²) in [6.07, 6.45) is 0. The molecule has 0 spiro atoms. The van der Waals surface area contributed by atoms with Crippen LogP contribution >= 0.6 is 0 Å². The molecule has 3 rings (SSSR count). The topological polar surface area (TPSA) is 51.1 Å². The standard InChI is InChI=1S/C15H12FNO3/c16-11-3-1-10(2-4-11)8-19-12-5-6-13-14(17-18)9-20-15(13)7-12/h1-7,18H,8-9H2/b17-14+. The van der Waals surface area contributed by atoms with Gasteiger partial charge in [0.1, 0.15) is 36.2 Å². The number of oxime groups is 1. The maximum Gasteiger partial charge on any atom is 0.134 e. The van der Waals surface area contributed by atoms with Crippen LogP contribution in [0, 0.1) is 5.82 Å². The first-order valence-corrected chi connectivity index (χ1v) is 6.11. The van der Waals surface area contributed by atoms with Gasteiger partial charge in [-0.3, -0.25) is 0 Å². The van der Waals surface area contributed by atoms with Crippen molar-refractivity contribution >= 4 is 5.71 Å². The maximum atomic E-state index is 12.8. The highest BCUT2D eigenvalue weighted by molar-refractivity contribution is 6.05. The fourth-order valence-corrected chi connectivity index (χ4v) is 2.00. The van der Waals surface area contributed by atoms with Crippen LogP contribution in [0.3, 0.4) is 0 Å². The van der Waals surface area contributed by atoms with Crippen LogP contribution in [-0.2, 0) is 6.61 Å². The minimum atomic E-state index is -0.268. The van der Waals surface area contributed by atoms with Gasteiger partial charge in [-0.2, -0.15) is 0 Å². The first-order chi connectivity index (χ1) is 9.76. The molecule has 0 bridgehead atoms. The average Bonchev–Trinajstić information content (AvgIpc) is 2.89. The molecule has 0 saturated heterocycles. The number of hydrogen-bond donors (Lipinski definition) is 1. The Labute approximate surface area is 115 Å². The number of fused-ring (bicyclic) bond motifs is 1. The lowest BCUT2D eigenvalue weighted by Crippen LogP contribution is -2.01. The largest absolute Gasteiger partial charge is 0.489 e. The molecule has 0 saturated carbocycles. The van der Waals surface area contributed by atoms with Crippen molar-refractivity contribution in [3.8, 4) is 11.5 Å². The smallest absolute Gasteiger partial charge is 0.134 e. The van der Waals surface area contributed by atoms with Gasteiger partial charge in [0.25, 0.3) is 0 Å². The van der Waals surface area contributed by atoms with Gasteiger partial charge in [0.05, 0.1) is 0 Å². The summed E-state index contributed by atoms with van der Waals surface area (Å²) in [6.45, 7) is 0.604. The van der Waals surface area contributed by atoms with Crippen LogP contribution in [0.15, 0.2) is 47.6 Å². The van der Waals surface area contributed by atoms with E-state index >= 15 is 0 Å². The highest BCUT2D eigenvalue weighted by Crippen LogP contribution is 2.30. The number of hydrogen-bond acceptors (Lipinski definition) is 4. The van der Waals surface area contributed by atoms with Crippen LogP contribution < -0.4 is 9.47 Å². The van der Waals surface area contributed by atoms with Gasteiger partial charge in [-0.1, -0.05) is 17.3 Å². The second kappa shape index (κ2) is 5.21. The van der Waals surface area contributed by atoms with E-state index in [-0.39, 0.29) is 12.4 Å². The van der Waals surface area contributed by atoms with Gasteiger partial charge in [0.2, 0.25) is 0 Å². The summed E-state index contributed by atoms with van der Waals surface area (Å²) in [5.74, 6) is 1.01. The zero-order chi connectivity index (χ0) is 13.9. The number of rotatable bonds is 3. The molecular weight excluding hydrogens is 261 g/mol. The molecule has 1 aliphatic heterocycles. The van der Waals surface area contributed by atoms with Crippen LogP contribution in [0.2, 0.25) is 0 Å². The third kappa shape index (κ3) is 2.42. The molecular formula is C15H12FNO3. The molecule has 4 nitrogen and oxygen atoms in total. The summed E-state index contributed by atoms with van der Waals surface area (Å²) in [4.78, 5) is 0. The first-order valence-electron chi connectivity index (χ1n) is 6.11. The monoisotopic (exact) mass is 273 g/mol. The normalized spacial score (nSPS) is 14.9. The summed E-state index contributed by atoms with van der Waals surface area (Å²) in [6, 6.07) is 11.5. The van der Waals surface area contributed by atoms with Gasteiger partial charge in [0, 0.05) is 11.6 Å². The van der Waals surface area contributed by atoms with E-state index in [1.807, 2.05) is 0 Å². The van der Waals surface area contributed by atoms with Crippen molar-refractivity contribution in [2.45, 2.75) is 6.61 Å². The molecule has 0 aromatic heterocycles. The van der Waals surface area contributed by atoms with E-state index < -0.39 is 0 Å². The van der Waals surface area contributed by atoms with Gasteiger partial charge in [-0.25, -0.2) is 4.39 Å². The Kier molecular flexibility index (Phi) is 3.25. The fraction of sp³-hybridized carbons (Fsp3) is 0.133. The molecule has 2 aromatic carbocycles. The average molecular weight is 273 g/mol. The Hall–Kier alpha value is -2.56. The summed E-state index contributed by atoms with van der Waals surface area (Å²) in [7, 11) is 0. The quantitative estimate of drug-likeness (QED) is 0.691. The van der Waals surface area contributed by atoms with Crippen molar-refractivity contribution in [3.05, 3.63) is 59.4 Å². The zero-order valence-electron chi connectivity index (χ0n) is 10.5. The number of ether oxygens (including phenoxy) is 2. The lowest BCUT2D eigenvalue weighted by atomic mass is 10.1. The molecule has 0 unspecified atom stereocenters. The predicted octanol–water partition coefficient (Wildman–Crippen LogP) is 2.98. The molecule has 0 fully saturated rings. The van der Waals surface area contributed by atoms with E-state index in [1.165, 1.54) is 12.1 Å². The number of benzene rings is 2. The Balaban J connectivity index is 1.71. The van der Waals surface area contributed by atoms with Gasteiger partial charge in [-0.05, 0) is 29.8 Å². The molecule has 1 heterocycles. The summed E-state index contributed by atoms with van der Waals surface area (Å²) in [5, 5.41) is 12.0. The van der Waals surface area contributed by atoms with E-state index in [1.54, 1.807) is 30.3 Å². The maximum absolute atomic E-state index is 12.8. The SMILES string of the molecule is O/N=C1\COc2cc(OCc3ccc(F)cc3)ccc21. The zero-order valence-corrected chi connectivity index (χ0v) is 10.5. The minimum Gasteiger partial charge on any atom is -0.489 e. The van der Waals surface area contributed by atoms with Crippen LogP contribution in [0.25, 0.3) is 0 Å². The van der Waals surface area contributed by atoms with Gasteiger partial charge in [-0.15, -0.1) is 0 Å². The lowest BCUT2D eigenvalue weighted by molar-refractivity contribution is 0.302. The third-order valence-electron chi connectivity index (χ3n) is 3.07. The molecule has 20 heavy (non-hydrogen) atoms. The summed E-state index contributed by atoms with van der Waals surface area (Å²) in [5.41, 5.74) is 2.15. The third-order valence-corrected chi connectivity index (χ3v) is 3.07.